The van der Waals surface area contributed by atoms with Gasteiger partial charge in [0.2, 0.25) is 0 Å². The molecular weight excluding hydrogens is 284 g/mol. The van der Waals surface area contributed by atoms with Gasteiger partial charge in [0.15, 0.2) is 5.96 Å². The normalized spacial score (nSPS) is 19.1. The Balaban J connectivity index is 1.82. The molecule has 1 saturated heterocycles. The first-order chi connectivity index (χ1) is 11.1. The van der Waals surface area contributed by atoms with Crippen molar-refractivity contribution in [1.29, 1.82) is 0 Å². The second-order valence-corrected chi connectivity index (χ2v) is 6.67. The van der Waals surface area contributed by atoms with Crippen LogP contribution in [-0.4, -0.2) is 56.0 Å². The molecule has 23 heavy (non-hydrogen) atoms. The first-order valence-corrected chi connectivity index (χ1v) is 8.82. The predicted molar refractivity (Wildman–Crippen MR) is 98.8 cm³/mol. The van der Waals surface area contributed by atoms with Crippen molar-refractivity contribution in [2.45, 2.75) is 33.2 Å². The zero-order valence-corrected chi connectivity index (χ0v) is 15.2. The smallest absolute Gasteiger partial charge is 0.193 e. The third-order valence-electron chi connectivity index (χ3n) is 4.70. The second-order valence-electron chi connectivity index (χ2n) is 6.67. The molecule has 0 spiro atoms. The molecule has 4 heteroatoms. The number of nitrogens with one attached hydrogen (secondary N) is 1. The van der Waals surface area contributed by atoms with Crippen molar-refractivity contribution in [3.63, 3.8) is 0 Å². The third kappa shape index (κ3) is 5.24. The summed E-state index contributed by atoms with van der Waals surface area (Å²) in [6.07, 6.45) is 2.55. The largest absolute Gasteiger partial charge is 0.356 e. The Morgan fingerprint density at radius 3 is 2.87 bits per heavy atom. The van der Waals surface area contributed by atoms with E-state index in [1.54, 1.807) is 0 Å². The molecule has 0 radical (unpaired) electrons. The Hall–Kier alpha value is -1.55. The van der Waals surface area contributed by atoms with Crippen LogP contribution in [0.3, 0.4) is 0 Å². The summed E-state index contributed by atoms with van der Waals surface area (Å²) in [5, 5.41) is 3.56. The summed E-state index contributed by atoms with van der Waals surface area (Å²) in [5.41, 5.74) is 2.69. The molecule has 0 bridgehead atoms. The summed E-state index contributed by atoms with van der Waals surface area (Å²) in [7, 11) is 3.98. The average molecular weight is 316 g/mol. The maximum Gasteiger partial charge on any atom is 0.193 e. The highest BCUT2D eigenvalue weighted by Gasteiger charge is 2.22. The van der Waals surface area contributed by atoms with Gasteiger partial charge in [-0.3, -0.25) is 4.99 Å². The number of hydrogen-bond acceptors (Lipinski definition) is 2. The lowest BCUT2D eigenvalue weighted by atomic mass is 10.1. The molecule has 1 N–H and O–H groups in total. The first-order valence-electron chi connectivity index (χ1n) is 8.82. The SMILES string of the molecule is CCCN1CCC(CNC(=NC)N(C)Cc2ccccc2C)C1. The lowest BCUT2D eigenvalue weighted by Crippen LogP contribution is -2.41. The Bertz CT molecular complexity index is 512. The monoisotopic (exact) mass is 316 g/mol. The maximum absolute atomic E-state index is 4.45. The fraction of sp³-hybridized carbons (Fsp3) is 0.632. The first kappa shape index (κ1) is 17.8. The van der Waals surface area contributed by atoms with Gasteiger partial charge < -0.3 is 15.1 Å². The number of likely N-dealkylation sites (tertiary alicyclic amines) is 1. The zero-order chi connectivity index (χ0) is 16.7. The van der Waals surface area contributed by atoms with E-state index in [2.05, 4.69) is 65.3 Å². The minimum Gasteiger partial charge on any atom is -0.356 e. The summed E-state index contributed by atoms with van der Waals surface area (Å²) < 4.78 is 0. The van der Waals surface area contributed by atoms with Crippen LogP contribution in [0.4, 0.5) is 0 Å². The van der Waals surface area contributed by atoms with Crippen molar-refractivity contribution in [2.75, 3.05) is 40.3 Å². The van der Waals surface area contributed by atoms with Crippen LogP contribution < -0.4 is 5.32 Å². The number of aliphatic imine (C=N–C) groups is 1. The summed E-state index contributed by atoms with van der Waals surface area (Å²) in [5.74, 6) is 1.73. The van der Waals surface area contributed by atoms with E-state index in [1.807, 2.05) is 7.05 Å². The molecule has 0 amide bonds. The van der Waals surface area contributed by atoms with Crippen molar-refractivity contribution in [3.05, 3.63) is 35.4 Å². The highest BCUT2D eigenvalue weighted by atomic mass is 15.3. The van der Waals surface area contributed by atoms with E-state index >= 15 is 0 Å². The highest BCUT2D eigenvalue weighted by molar-refractivity contribution is 5.79. The Kier molecular flexibility index (Phi) is 6.90. The van der Waals surface area contributed by atoms with Gasteiger partial charge in [0.05, 0.1) is 0 Å². The maximum atomic E-state index is 4.45. The molecule has 4 nitrogen and oxygen atoms in total. The zero-order valence-electron chi connectivity index (χ0n) is 15.2. The van der Waals surface area contributed by atoms with Crippen molar-refractivity contribution in [2.24, 2.45) is 10.9 Å². The van der Waals surface area contributed by atoms with E-state index in [0.29, 0.717) is 0 Å². The van der Waals surface area contributed by atoms with Crippen LogP contribution in [0.25, 0.3) is 0 Å². The number of hydrogen-bond donors (Lipinski definition) is 1. The molecule has 0 saturated carbocycles. The van der Waals surface area contributed by atoms with Gasteiger partial charge in [-0.25, -0.2) is 0 Å². The fourth-order valence-corrected chi connectivity index (χ4v) is 3.34. The quantitative estimate of drug-likeness (QED) is 0.647. The Labute approximate surface area is 141 Å². The summed E-state index contributed by atoms with van der Waals surface area (Å²) >= 11 is 0. The van der Waals surface area contributed by atoms with E-state index < -0.39 is 0 Å². The number of rotatable bonds is 6. The van der Waals surface area contributed by atoms with Crippen molar-refractivity contribution in [1.82, 2.24) is 15.1 Å². The highest BCUT2D eigenvalue weighted by Crippen LogP contribution is 2.15. The second kappa shape index (κ2) is 8.92. The van der Waals surface area contributed by atoms with Gasteiger partial charge in [0.1, 0.15) is 0 Å². The third-order valence-corrected chi connectivity index (χ3v) is 4.70. The van der Waals surface area contributed by atoms with Gasteiger partial charge in [-0.2, -0.15) is 0 Å². The van der Waals surface area contributed by atoms with Crippen LogP contribution >= 0.6 is 0 Å². The summed E-state index contributed by atoms with van der Waals surface area (Å²) in [6.45, 7) is 10.0. The molecule has 1 unspecified atom stereocenters. The Morgan fingerprint density at radius 2 is 2.17 bits per heavy atom. The number of aryl methyl sites for hydroxylation is 1. The summed E-state index contributed by atoms with van der Waals surface area (Å²) in [6, 6.07) is 8.56. The molecule has 1 aliphatic rings. The van der Waals surface area contributed by atoms with E-state index in [-0.39, 0.29) is 0 Å². The van der Waals surface area contributed by atoms with E-state index in [1.165, 1.54) is 43.6 Å². The molecule has 128 valence electrons. The van der Waals surface area contributed by atoms with E-state index in [4.69, 9.17) is 0 Å². The topological polar surface area (TPSA) is 30.9 Å². The van der Waals surface area contributed by atoms with E-state index in [9.17, 15) is 0 Å². The standard InChI is InChI=1S/C19H32N4/c1-5-11-23-12-10-17(14-23)13-21-19(20-3)22(4)15-18-9-7-6-8-16(18)2/h6-9,17H,5,10-15H2,1-4H3,(H,20,21). The molecule has 1 fully saturated rings. The van der Waals surface area contributed by atoms with Gasteiger partial charge in [-0.1, -0.05) is 31.2 Å². The lowest BCUT2D eigenvalue weighted by molar-refractivity contribution is 0.324. The fourth-order valence-electron chi connectivity index (χ4n) is 3.34. The number of nitrogens with zero attached hydrogens (tertiary/aromatic N) is 3. The molecule has 1 aromatic carbocycles. The summed E-state index contributed by atoms with van der Waals surface area (Å²) in [4.78, 5) is 9.23. The average Bonchev–Trinajstić information content (AvgIpc) is 2.98. The molecule has 0 aliphatic carbocycles. The van der Waals surface area contributed by atoms with Gasteiger partial charge in [-0.15, -0.1) is 0 Å². The van der Waals surface area contributed by atoms with Crippen LogP contribution in [0.2, 0.25) is 0 Å². The van der Waals surface area contributed by atoms with Gasteiger partial charge in [0, 0.05) is 33.7 Å². The Morgan fingerprint density at radius 1 is 1.39 bits per heavy atom. The molecule has 1 aromatic rings. The van der Waals surface area contributed by atoms with Gasteiger partial charge >= 0.3 is 0 Å². The van der Waals surface area contributed by atoms with Crippen LogP contribution in [0.15, 0.2) is 29.3 Å². The molecule has 1 aliphatic heterocycles. The van der Waals surface area contributed by atoms with E-state index in [0.717, 1.165) is 25.0 Å². The van der Waals surface area contributed by atoms with Crippen LogP contribution in [0.5, 0.6) is 0 Å². The van der Waals surface area contributed by atoms with Gasteiger partial charge in [0.25, 0.3) is 0 Å². The van der Waals surface area contributed by atoms with Crippen molar-refractivity contribution >= 4 is 5.96 Å². The van der Waals surface area contributed by atoms with Crippen LogP contribution in [0, 0.1) is 12.8 Å². The molecule has 1 heterocycles. The minimum atomic E-state index is 0.741. The van der Waals surface area contributed by atoms with Crippen LogP contribution in [0.1, 0.15) is 30.9 Å². The minimum absolute atomic E-state index is 0.741. The lowest BCUT2D eigenvalue weighted by Gasteiger charge is -2.24. The van der Waals surface area contributed by atoms with Crippen molar-refractivity contribution in [3.8, 4) is 0 Å². The molecular formula is C19H32N4. The van der Waals surface area contributed by atoms with Crippen LogP contribution in [-0.2, 0) is 6.54 Å². The van der Waals surface area contributed by atoms with Crippen molar-refractivity contribution < 1.29 is 0 Å². The molecule has 2 rings (SSSR count). The molecule has 1 atom stereocenters. The number of benzene rings is 1. The molecule has 0 aromatic heterocycles. The van der Waals surface area contributed by atoms with Gasteiger partial charge in [-0.05, 0) is 49.9 Å². The number of guanidine groups is 1. The predicted octanol–water partition coefficient (Wildman–Crippen LogP) is 2.73.